The van der Waals surface area contributed by atoms with Gasteiger partial charge in [-0.05, 0) is 45.1 Å². The zero-order valence-electron chi connectivity index (χ0n) is 12.2. The lowest BCUT2D eigenvalue weighted by Crippen LogP contribution is -2.12. The number of hydrogen-bond donors (Lipinski definition) is 1. The second kappa shape index (κ2) is 6.10. The van der Waals surface area contributed by atoms with Gasteiger partial charge in [-0.1, -0.05) is 6.07 Å². The van der Waals surface area contributed by atoms with E-state index in [2.05, 4.69) is 4.98 Å². The molecule has 2 unspecified atom stereocenters. The molecule has 2 atom stereocenters. The second-order valence-electron chi connectivity index (χ2n) is 5.21. The first-order valence-electron chi connectivity index (χ1n) is 6.60. The van der Waals surface area contributed by atoms with Gasteiger partial charge in [0.15, 0.2) is 4.77 Å². The molecular weight excluding hydrogens is 292 g/mol. The summed E-state index contributed by atoms with van der Waals surface area (Å²) in [5, 5.41) is 0. The van der Waals surface area contributed by atoms with Crippen molar-refractivity contribution in [3.8, 4) is 5.75 Å². The third-order valence-electron chi connectivity index (χ3n) is 2.99. The maximum Gasteiger partial charge on any atom is 0.178 e. The van der Waals surface area contributed by atoms with E-state index in [-0.39, 0.29) is 12.1 Å². The van der Waals surface area contributed by atoms with Crippen molar-refractivity contribution in [2.24, 2.45) is 0 Å². The lowest BCUT2D eigenvalue weighted by Gasteiger charge is -2.14. The van der Waals surface area contributed by atoms with Crippen LogP contribution in [0.5, 0.6) is 5.75 Å². The van der Waals surface area contributed by atoms with Crippen molar-refractivity contribution >= 4 is 34.1 Å². The number of rotatable bonds is 5. The van der Waals surface area contributed by atoms with Gasteiger partial charge in [-0.3, -0.25) is 4.21 Å². The Kier molecular flexibility index (Phi) is 4.65. The molecule has 2 rings (SSSR count). The van der Waals surface area contributed by atoms with Crippen molar-refractivity contribution in [1.29, 1.82) is 0 Å². The molecule has 0 bridgehead atoms. The van der Waals surface area contributed by atoms with E-state index < -0.39 is 10.8 Å². The summed E-state index contributed by atoms with van der Waals surface area (Å²) < 4.78 is 19.9. The summed E-state index contributed by atoms with van der Waals surface area (Å²) in [5.41, 5.74) is 1.89. The number of H-pyrrole nitrogens is 1. The molecule has 1 aromatic heterocycles. The van der Waals surface area contributed by atoms with Gasteiger partial charge in [0.05, 0.1) is 11.6 Å². The third-order valence-corrected chi connectivity index (χ3v) is 4.24. The highest BCUT2D eigenvalue weighted by atomic mass is 32.2. The van der Waals surface area contributed by atoms with Crippen LogP contribution in [-0.4, -0.2) is 31.9 Å². The minimum Gasteiger partial charge on any atom is -0.489 e. The van der Waals surface area contributed by atoms with E-state index in [4.69, 9.17) is 17.0 Å². The quantitative estimate of drug-likeness (QED) is 0.861. The molecule has 0 aliphatic carbocycles. The van der Waals surface area contributed by atoms with Crippen LogP contribution in [0.3, 0.4) is 0 Å². The summed E-state index contributed by atoms with van der Waals surface area (Å²) in [5.74, 6) is 1.38. The Morgan fingerprint density at radius 1 is 1.40 bits per heavy atom. The van der Waals surface area contributed by atoms with Crippen LogP contribution in [-0.2, 0) is 10.8 Å². The minimum absolute atomic E-state index is 0.0800. The summed E-state index contributed by atoms with van der Waals surface area (Å²) in [7, 11) is -0.858. The zero-order chi connectivity index (χ0) is 14.9. The number of nitrogens with one attached hydrogen (secondary N) is 1. The Morgan fingerprint density at radius 3 is 2.70 bits per heavy atom. The molecule has 20 heavy (non-hydrogen) atoms. The van der Waals surface area contributed by atoms with E-state index in [1.807, 2.05) is 43.5 Å². The predicted molar refractivity (Wildman–Crippen MR) is 86.5 cm³/mol. The number of benzene rings is 1. The molecule has 4 nitrogen and oxygen atoms in total. The fourth-order valence-corrected chi connectivity index (χ4v) is 3.54. The van der Waals surface area contributed by atoms with Gasteiger partial charge in [0, 0.05) is 28.9 Å². The normalized spacial score (nSPS) is 14.7. The third kappa shape index (κ3) is 3.12. The zero-order valence-corrected chi connectivity index (χ0v) is 13.8. The molecule has 110 valence electrons. The minimum atomic E-state index is -0.858. The largest absolute Gasteiger partial charge is 0.489 e. The van der Waals surface area contributed by atoms with Gasteiger partial charge in [0.1, 0.15) is 11.3 Å². The van der Waals surface area contributed by atoms with Crippen LogP contribution >= 0.6 is 12.2 Å². The van der Waals surface area contributed by atoms with Crippen molar-refractivity contribution in [2.45, 2.75) is 32.9 Å². The second-order valence-corrected chi connectivity index (χ2v) is 7.07. The fourth-order valence-electron chi connectivity index (χ4n) is 2.33. The van der Waals surface area contributed by atoms with Crippen LogP contribution in [0, 0.1) is 4.77 Å². The van der Waals surface area contributed by atoms with Crippen LogP contribution in [0.4, 0.5) is 0 Å². The molecule has 0 saturated heterocycles. The standard InChI is InChI=1S/C14H20N2O2S2/c1-9(2)18-12-7-5-6-11-13(12)15-14(19)16(11)10(3)8-20(4)17/h5-7,9-10H,8H2,1-4H3,(H,15,19). The Bertz CT molecular complexity index is 688. The molecule has 1 heterocycles. The summed E-state index contributed by atoms with van der Waals surface area (Å²) in [6.07, 6.45) is 1.81. The van der Waals surface area contributed by atoms with Gasteiger partial charge in [0.2, 0.25) is 0 Å². The van der Waals surface area contributed by atoms with Crippen molar-refractivity contribution in [2.75, 3.05) is 12.0 Å². The average Bonchev–Trinajstić information content (AvgIpc) is 2.64. The van der Waals surface area contributed by atoms with E-state index in [9.17, 15) is 4.21 Å². The number of ether oxygens (including phenoxy) is 1. The SMILES string of the molecule is CC(C)Oc1cccc2c1[nH]c(=S)n2C(C)CS(C)=O. The van der Waals surface area contributed by atoms with E-state index in [0.29, 0.717) is 10.5 Å². The van der Waals surface area contributed by atoms with Gasteiger partial charge in [-0.15, -0.1) is 0 Å². The van der Waals surface area contributed by atoms with Crippen molar-refractivity contribution in [3.63, 3.8) is 0 Å². The first-order valence-corrected chi connectivity index (χ1v) is 8.73. The van der Waals surface area contributed by atoms with Crippen LogP contribution < -0.4 is 4.74 Å². The van der Waals surface area contributed by atoms with E-state index >= 15 is 0 Å². The van der Waals surface area contributed by atoms with E-state index in [0.717, 1.165) is 16.8 Å². The van der Waals surface area contributed by atoms with Gasteiger partial charge in [-0.25, -0.2) is 0 Å². The van der Waals surface area contributed by atoms with Crippen molar-refractivity contribution in [1.82, 2.24) is 9.55 Å². The highest BCUT2D eigenvalue weighted by Gasteiger charge is 2.15. The van der Waals surface area contributed by atoms with Crippen LogP contribution in [0.1, 0.15) is 26.8 Å². The number of nitrogens with zero attached hydrogens (tertiary/aromatic N) is 1. The van der Waals surface area contributed by atoms with Crippen molar-refractivity contribution < 1.29 is 8.95 Å². The number of aromatic amines is 1. The van der Waals surface area contributed by atoms with Gasteiger partial charge < -0.3 is 14.3 Å². The first kappa shape index (κ1) is 15.3. The topological polar surface area (TPSA) is 47.0 Å². The fraction of sp³-hybridized carbons (Fsp3) is 0.500. The van der Waals surface area contributed by atoms with Crippen LogP contribution in [0.25, 0.3) is 11.0 Å². The highest BCUT2D eigenvalue weighted by molar-refractivity contribution is 7.84. The molecule has 0 radical (unpaired) electrons. The number of aromatic nitrogens is 2. The monoisotopic (exact) mass is 312 g/mol. The highest BCUT2D eigenvalue weighted by Crippen LogP contribution is 2.28. The Balaban J connectivity index is 2.54. The molecule has 2 aromatic rings. The maximum absolute atomic E-state index is 11.4. The summed E-state index contributed by atoms with van der Waals surface area (Å²) in [6.45, 7) is 6.01. The Hall–Kier alpha value is -1.14. The lowest BCUT2D eigenvalue weighted by molar-refractivity contribution is 0.245. The van der Waals surface area contributed by atoms with Crippen molar-refractivity contribution in [3.05, 3.63) is 23.0 Å². The summed E-state index contributed by atoms with van der Waals surface area (Å²) in [6, 6.07) is 5.97. The molecule has 1 aromatic carbocycles. The molecule has 0 fully saturated rings. The number of imidazole rings is 1. The summed E-state index contributed by atoms with van der Waals surface area (Å²) >= 11 is 5.41. The number of hydrogen-bond acceptors (Lipinski definition) is 3. The lowest BCUT2D eigenvalue weighted by atomic mass is 10.2. The average molecular weight is 312 g/mol. The first-order chi connectivity index (χ1) is 9.40. The molecule has 0 aliphatic rings. The molecule has 6 heteroatoms. The van der Waals surface area contributed by atoms with Crippen LogP contribution in [0.15, 0.2) is 18.2 Å². The number of fused-ring (bicyclic) bond motifs is 1. The molecule has 0 aliphatic heterocycles. The number of para-hydroxylation sites is 1. The van der Waals surface area contributed by atoms with E-state index in [1.165, 1.54) is 0 Å². The molecule has 1 N–H and O–H groups in total. The van der Waals surface area contributed by atoms with E-state index in [1.54, 1.807) is 6.26 Å². The van der Waals surface area contributed by atoms with Gasteiger partial charge in [0.25, 0.3) is 0 Å². The predicted octanol–water partition coefficient (Wildman–Crippen LogP) is 3.43. The van der Waals surface area contributed by atoms with Crippen LogP contribution in [0.2, 0.25) is 0 Å². The smallest absolute Gasteiger partial charge is 0.178 e. The Labute approximate surface area is 126 Å². The molecule has 0 saturated carbocycles. The molecular formula is C14H20N2O2S2. The molecule has 0 spiro atoms. The maximum atomic E-state index is 11.4. The summed E-state index contributed by atoms with van der Waals surface area (Å²) in [4.78, 5) is 3.21. The van der Waals surface area contributed by atoms with Gasteiger partial charge >= 0.3 is 0 Å². The Morgan fingerprint density at radius 2 is 2.10 bits per heavy atom. The van der Waals surface area contributed by atoms with Gasteiger partial charge in [-0.2, -0.15) is 0 Å². The molecule has 0 amide bonds.